The average Bonchev–Trinajstić information content (AvgIpc) is 2.36. The Hall–Kier alpha value is -1.83. The first kappa shape index (κ1) is 18.2. The van der Waals surface area contributed by atoms with Gasteiger partial charge in [-0.05, 0) is 56.6 Å². The highest BCUT2D eigenvalue weighted by Gasteiger charge is 2.26. The van der Waals surface area contributed by atoms with Crippen LogP contribution in [0.25, 0.3) is 0 Å². The van der Waals surface area contributed by atoms with Gasteiger partial charge in [0.25, 0.3) is 0 Å². The van der Waals surface area contributed by atoms with Crippen molar-refractivity contribution in [3.8, 4) is 0 Å². The molecule has 0 atom stereocenters. The van der Waals surface area contributed by atoms with Crippen LogP contribution >= 0.6 is 0 Å². The van der Waals surface area contributed by atoms with Crippen LogP contribution in [0.15, 0.2) is 58.7 Å². The first-order valence-corrected chi connectivity index (χ1v) is 7.87. The van der Waals surface area contributed by atoms with Gasteiger partial charge in [-0.15, -0.1) is 0 Å². The van der Waals surface area contributed by atoms with E-state index in [1.165, 1.54) is 36.5 Å². The Morgan fingerprint density at radius 1 is 1.18 bits per heavy atom. The molecule has 0 saturated carbocycles. The summed E-state index contributed by atoms with van der Waals surface area (Å²) >= 11 is 0. The summed E-state index contributed by atoms with van der Waals surface area (Å²) in [4.78, 5) is 10.5. The van der Waals surface area contributed by atoms with Gasteiger partial charge in [-0.2, -0.15) is 0 Å². The maximum atomic E-state index is 10.5. The summed E-state index contributed by atoms with van der Waals surface area (Å²) in [5.74, 6) is -0.912. The monoisotopic (exact) mass is 300 g/mol. The van der Waals surface area contributed by atoms with Crippen LogP contribution in [-0.2, 0) is 4.79 Å². The number of aliphatic carboxylic acids is 1. The van der Waals surface area contributed by atoms with Crippen molar-refractivity contribution in [3.63, 3.8) is 0 Å². The van der Waals surface area contributed by atoms with Gasteiger partial charge in [0.1, 0.15) is 0 Å². The van der Waals surface area contributed by atoms with Crippen LogP contribution in [0.4, 0.5) is 0 Å². The number of rotatable bonds is 5. The summed E-state index contributed by atoms with van der Waals surface area (Å²) in [6.07, 6.45) is 15.0. The second kappa shape index (κ2) is 7.98. The zero-order valence-electron chi connectivity index (χ0n) is 14.4. The minimum Gasteiger partial charge on any atom is -0.478 e. The molecule has 22 heavy (non-hydrogen) atoms. The third-order valence-electron chi connectivity index (χ3n) is 4.12. The third-order valence-corrected chi connectivity index (χ3v) is 4.12. The van der Waals surface area contributed by atoms with Crippen LogP contribution in [0.5, 0.6) is 0 Å². The van der Waals surface area contributed by atoms with Crippen molar-refractivity contribution < 1.29 is 9.90 Å². The van der Waals surface area contributed by atoms with Crippen LogP contribution in [0.2, 0.25) is 0 Å². The molecule has 0 heterocycles. The van der Waals surface area contributed by atoms with Gasteiger partial charge in [0.15, 0.2) is 0 Å². The summed E-state index contributed by atoms with van der Waals surface area (Å²) in [5, 5.41) is 8.65. The van der Waals surface area contributed by atoms with E-state index in [1.54, 1.807) is 13.0 Å². The Labute approximate surface area is 134 Å². The topological polar surface area (TPSA) is 37.3 Å². The Balaban J connectivity index is 2.79. The van der Waals surface area contributed by atoms with E-state index in [0.29, 0.717) is 0 Å². The lowest BCUT2D eigenvalue weighted by atomic mass is 9.72. The predicted octanol–water partition coefficient (Wildman–Crippen LogP) is 5.60. The summed E-state index contributed by atoms with van der Waals surface area (Å²) in [5.41, 5.74) is 5.09. The van der Waals surface area contributed by atoms with E-state index in [4.69, 9.17) is 5.11 Å². The highest BCUT2D eigenvalue weighted by Crippen LogP contribution is 2.40. The van der Waals surface area contributed by atoms with Crippen molar-refractivity contribution >= 4 is 5.97 Å². The summed E-state index contributed by atoms with van der Waals surface area (Å²) < 4.78 is 0. The van der Waals surface area contributed by atoms with E-state index in [-0.39, 0.29) is 5.41 Å². The largest absolute Gasteiger partial charge is 0.478 e. The van der Waals surface area contributed by atoms with E-state index in [1.807, 2.05) is 12.2 Å². The lowest BCUT2D eigenvalue weighted by Gasteiger charge is -2.32. The molecule has 0 radical (unpaired) electrons. The zero-order valence-corrected chi connectivity index (χ0v) is 14.4. The fourth-order valence-corrected chi connectivity index (χ4v) is 2.88. The summed E-state index contributed by atoms with van der Waals surface area (Å²) in [7, 11) is 0. The molecule has 1 aliphatic rings. The zero-order chi connectivity index (χ0) is 16.8. The van der Waals surface area contributed by atoms with Crippen molar-refractivity contribution in [2.24, 2.45) is 5.41 Å². The lowest BCUT2D eigenvalue weighted by molar-refractivity contribution is -0.131. The van der Waals surface area contributed by atoms with Gasteiger partial charge in [0.05, 0.1) is 0 Å². The molecular formula is C20H28O2. The first-order chi connectivity index (χ1) is 10.2. The van der Waals surface area contributed by atoms with E-state index in [9.17, 15) is 4.79 Å². The number of hydrogen-bond acceptors (Lipinski definition) is 1. The van der Waals surface area contributed by atoms with E-state index in [0.717, 1.165) is 11.1 Å². The molecule has 0 aromatic carbocycles. The van der Waals surface area contributed by atoms with Crippen LogP contribution in [-0.4, -0.2) is 11.1 Å². The number of carboxylic acids is 1. The molecule has 0 amide bonds. The minimum atomic E-state index is -0.912. The van der Waals surface area contributed by atoms with E-state index >= 15 is 0 Å². The van der Waals surface area contributed by atoms with Gasteiger partial charge in [-0.1, -0.05) is 55.4 Å². The first-order valence-electron chi connectivity index (χ1n) is 7.87. The minimum absolute atomic E-state index is 0.260. The molecule has 2 nitrogen and oxygen atoms in total. The molecule has 2 heteroatoms. The summed E-state index contributed by atoms with van der Waals surface area (Å²) in [6, 6.07) is 0. The maximum Gasteiger partial charge on any atom is 0.328 e. The molecule has 0 aliphatic heterocycles. The molecule has 0 spiro atoms. The van der Waals surface area contributed by atoms with Crippen LogP contribution in [0.3, 0.4) is 0 Å². The van der Waals surface area contributed by atoms with Gasteiger partial charge < -0.3 is 5.11 Å². The molecule has 0 aromatic heterocycles. The number of carbonyl (C=O) groups is 1. The van der Waals surface area contributed by atoms with Crippen LogP contribution in [0, 0.1) is 5.41 Å². The Morgan fingerprint density at radius 2 is 1.86 bits per heavy atom. The fourth-order valence-electron chi connectivity index (χ4n) is 2.88. The highest BCUT2D eigenvalue weighted by atomic mass is 16.4. The van der Waals surface area contributed by atoms with Gasteiger partial charge in [-0.25, -0.2) is 4.79 Å². The van der Waals surface area contributed by atoms with Crippen LogP contribution in [0.1, 0.15) is 53.9 Å². The molecular weight excluding hydrogens is 272 g/mol. The smallest absolute Gasteiger partial charge is 0.328 e. The Morgan fingerprint density at radius 3 is 2.45 bits per heavy atom. The third kappa shape index (κ3) is 5.88. The van der Waals surface area contributed by atoms with Gasteiger partial charge in [0, 0.05) is 6.08 Å². The molecule has 0 saturated heterocycles. The molecule has 0 fully saturated rings. The Kier molecular flexibility index (Phi) is 6.61. The average molecular weight is 300 g/mol. The molecule has 120 valence electrons. The van der Waals surface area contributed by atoms with Crippen molar-refractivity contribution in [1.29, 1.82) is 0 Å². The van der Waals surface area contributed by atoms with Crippen molar-refractivity contribution in [1.82, 2.24) is 0 Å². The standard InChI is InChI=1S/C20H28O2/c1-15(8-6-9-16(2)14-19(21)22)11-12-18-17(3)10-7-13-20(18,4)5/h6,8-9,11-12,14H,7,10,13H2,1-5H3,(H,21,22)/b9-6+,12-11-,15-8+,16-14+. The molecule has 1 rings (SSSR count). The highest BCUT2D eigenvalue weighted by molar-refractivity contribution is 5.81. The van der Waals surface area contributed by atoms with Crippen LogP contribution < -0.4 is 0 Å². The fraction of sp³-hybridized carbons (Fsp3) is 0.450. The molecule has 0 unspecified atom stereocenters. The number of carboxylic acid groups (broad SMARTS) is 1. The SMILES string of the molecule is CC1=C(\C=C/C(C)=C/C=C/C(C)=C/C(=O)O)C(C)(C)CCC1. The van der Waals surface area contributed by atoms with Gasteiger partial charge in [-0.3, -0.25) is 0 Å². The lowest BCUT2D eigenvalue weighted by Crippen LogP contribution is -2.19. The van der Waals surface area contributed by atoms with Gasteiger partial charge >= 0.3 is 5.97 Å². The van der Waals surface area contributed by atoms with Crippen molar-refractivity contribution in [2.45, 2.75) is 53.9 Å². The summed E-state index contributed by atoms with van der Waals surface area (Å²) in [6.45, 7) is 10.7. The van der Waals surface area contributed by atoms with Crippen molar-refractivity contribution in [2.75, 3.05) is 0 Å². The maximum absolute atomic E-state index is 10.5. The quantitative estimate of drug-likeness (QED) is 0.530. The normalized spacial score (nSPS) is 20.2. The van der Waals surface area contributed by atoms with Crippen molar-refractivity contribution in [3.05, 3.63) is 58.7 Å². The molecule has 0 aromatic rings. The van der Waals surface area contributed by atoms with E-state index < -0.39 is 5.97 Å². The molecule has 0 bridgehead atoms. The molecule has 1 N–H and O–H groups in total. The number of allylic oxidation sites excluding steroid dienone is 9. The number of hydrogen-bond donors (Lipinski definition) is 1. The second-order valence-corrected chi connectivity index (χ2v) is 6.76. The Bertz CT molecular complexity index is 567. The van der Waals surface area contributed by atoms with Gasteiger partial charge in [0.2, 0.25) is 0 Å². The molecule has 1 aliphatic carbocycles. The predicted molar refractivity (Wildman–Crippen MR) is 93.8 cm³/mol. The van der Waals surface area contributed by atoms with E-state index in [2.05, 4.69) is 39.8 Å². The second-order valence-electron chi connectivity index (χ2n) is 6.76.